The number of benzene rings is 2. The summed E-state index contributed by atoms with van der Waals surface area (Å²) >= 11 is 15.3. The summed E-state index contributed by atoms with van der Waals surface area (Å²) in [5.41, 5.74) is 0.608. The maximum atomic E-state index is 11.3. The van der Waals surface area contributed by atoms with E-state index in [2.05, 4.69) is 15.9 Å². The first-order valence-corrected chi connectivity index (χ1v) is 6.95. The van der Waals surface area contributed by atoms with Crippen molar-refractivity contribution in [2.75, 3.05) is 0 Å². The van der Waals surface area contributed by atoms with Crippen LogP contribution in [0.5, 0.6) is 11.5 Å². The van der Waals surface area contributed by atoms with Gasteiger partial charge >= 0.3 is 0 Å². The summed E-state index contributed by atoms with van der Waals surface area (Å²) in [5, 5.41) is 1.00. The fourth-order valence-electron chi connectivity index (χ4n) is 1.48. The molecule has 0 N–H and O–H groups in total. The lowest BCUT2D eigenvalue weighted by Crippen LogP contribution is -1.93. The number of ether oxygens (including phenoxy) is 1. The first-order chi connectivity index (χ1) is 8.97. The smallest absolute Gasteiger partial charge is 0.159 e. The van der Waals surface area contributed by atoms with Crippen molar-refractivity contribution in [3.8, 4) is 11.5 Å². The Bertz CT molecular complexity index is 641. The molecule has 0 saturated carbocycles. The van der Waals surface area contributed by atoms with E-state index < -0.39 is 0 Å². The predicted octanol–water partition coefficient (Wildman–Crippen LogP) is 5.75. The molecule has 2 aromatic rings. The Morgan fingerprint density at radius 3 is 2.47 bits per heavy atom. The fourth-order valence-corrected chi connectivity index (χ4v) is 2.25. The lowest BCUT2D eigenvalue weighted by molar-refractivity contribution is 0.101. The van der Waals surface area contributed by atoms with Gasteiger partial charge in [-0.1, -0.05) is 23.2 Å². The SMILES string of the molecule is CC(=O)c1ccc(Oc2cc(Cl)ccc2Cl)c(Br)c1. The lowest BCUT2D eigenvalue weighted by atomic mass is 10.1. The van der Waals surface area contributed by atoms with Gasteiger partial charge in [0, 0.05) is 16.7 Å². The topological polar surface area (TPSA) is 26.3 Å². The molecule has 98 valence electrons. The van der Waals surface area contributed by atoms with Gasteiger partial charge < -0.3 is 4.74 Å². The lowest BCUT2D eigenvalue weighted by Gasteiger charge is -2.10. The second kappa shape index (κ2) is 5.95. The van der Waals surface area contributed by atoms with Crippen molar-refractivity contribution in [2.24, 2.45) is 0 Å². The summed E-state index contributed by atoms with van der Waals surface area (Å²) in [5.74, 6) is 1.02. The Hall–Kier alpha value is -1.03. The molecule has 2 nitrogen and oxygen atoms in total. The molecular formula is C14H9BrCl2O2. The van der Waals surface area contributed by atoms with Gasteiger partial charge in [-0.3, -0.25) is 4.79 Å². The van der Waals surface area contributed by atoms with Crippen LogP contribution in [0.1, 0.15) is 17.3 Å². The summed E-state index contributed by atoms with van der Waals surface area (Å²) in [6.45, 7) is 1.51. The monoisotopic (exact) mass is 358 g/mol. The molecule has 0 aliphatic rings. The van der Waals surface area contributed by atoms with Crippen LogP contribution in [0.2, 0.25) is 10.0 Å². The van der Waals surface area contributed by atoms with Gasteiger partial charge in [-0.2, -0.15) is 0 Å². The van der Waals surface area contributed by atoms with Crippen molar-refractivity contribution in [1.82, 2.24) is 0 Å². The zero-order valence-corrected chi connectivity index (χ0v) is 13.0. The molecule has 5 heteroatoms. The largest absolute Gasteiger partial charge is 0.455 e. The van der Waals surface area contributed by atoms with Crippen LogP contribution >= 0.6 is 39.1 Å². The second-order valence-electron chi connectivity index (χ2n) is 3.88. The van der Waals surface area contributed by atoms with E-state index in [1.807, 2.05) is 0 Å². The van der Waals surface area contributed by atoms with Crippen LogP contribution in [0, 0.1) is 0 Å². The average Bonchev–Trinajstić information content (AvgIpc) is 2.36. The number of halogens is 3. The van der Waals surface area contributed by atoms with E-state index in [1.54, 1.807) is 36.4 Å². The standard InChI is InChI=1S/C14H9BrCl2O2/c1-8(18)9-2-5-13(11(15)6-9)19-14-7-10(16)3-4-12(14)17/h2-7H,1H3. The Kier molecular flexibility index (Phi) is 4.50. The molecule has 0 aliphatic heterocycles. The Balaban J connectivity index is 2.33. The van der Waals surface area contributed by atoms with Crippen LogP contribution in [0.4, 0.5) is 0 Å². The minimum absolute atomic E-state index is 0.00645. The first kappa shape index (κ1) is 14.4. The Morgan fingerprint density at radius 2 is 1.84 bits per heavy atom. The fraction of sp³-hybridized carbons (Fsp3) is 0.0714. The molecule has 19 heavy (non-hydrogen) atoms. The van der Waals surface area contributed by atoms with Crippen LogP contribution in [0.3, 0.4) is 0 Å². The van der Waals surface area contributed by atoms with Crippen molar-refractivity contribution >= 4 is 44.9 Å². The Labute approximate surface area is 129 Å². The minimum atomic E-state index is -0.00645. The van der Waals surface area contributed by atoms with Gasteiger partial charge in [0.05, 0.1) is 9.50 Å². The van der Waals surface area contributed by atoms with E-state index in [9.17, 15) is 4.79 Å². The van der Waals surface area contributed by atoms with Gasteiger partial charge in [-0.25, -0.2) is 0 Å². The highest BCUT2D eigenvalue weighted by molar-refractivity contribution is 9.10. The van der Waals surface area contributed by atoms with Gasteiger partial charge in [0.25, 0.3) is 0 Å². The zero-order valence-electron chi connectivity index (χ0n) is 9.91. The molecule has 0 unspecified atom stereocenters. The molecule has 0 radical (unpaired) electrons. The number of ketones is 1. The Morgan fingerprint density at radius 1 is 1.11 bits per heavy atom. The molecule has 0 heterocycles. The highest BCUT2D eigenvalue weighted by atomic mass is 79.9. The zero-order chi connectivity index (χ0) is 14.0. The maximum absolute atomic E-state index is 11.3. The van der Waals surface area contributed by atoms with E-state index in [0.29, 0.717) is 31.6 Å². The van der Waals surface area contributed by atoms with Crippen LogP contribution in [-0.2, 0) is 0 Å². The highest BCUT2D eigenvalue weighted by Crippen LogP contribution is 2.35. The van der Waals surface area contributed by atoms with Crippen LogP contribution in [-0.4, -0.2) is 5.78 Å². The van der Waals surface area contributed by atoms with Gasteiger partial charge in [-0.15, -0.1) is 0 Å². The van der Waals surface area contributed by atoms with E-state index in [-0.39, 0.29) is 5.78 Å². The summed E-state index contributed by atoms with van der Waals surface area (Å²) < 4.78 is 6.36. The number of hydrogen-bond acceptors (Lipinski definition) is 2. The van der Waals surface area contributed by atoms with E-state index in [0.717, 1.165) is 0 Å². The van der Waals surface area contributed by atoms with Gasteiger partial charge in [0.2, 0.25) is 0 Å². The number of rotatable bonds is 3. The molecule has 0 saturated heterocycles. The van der Waals surface area contributed by atoms with Crippen molar-refractivity contribution in [2.45, 2.75) is 6.92 Å². The number of carbonyl (C=O) groups is 1. The molecule has 0 spiro atoms. The molecule has 0 aliphatic carbocycles. The summed E-state index contributed by atoms with van der Waals surface area (Å²) in [7, 11) is 0. The molecular weight excluding hydrogens is 351 g/mol. The molecule has 0 bridgehead atoms. The number of carbonyl (C=O) groups excluding carboxylic acids is 1. The summed E-state index contributed by atoms with van der Waals surface area (Å²) in [6.07, 6.45) is 0. The van der Waals surface area contributed by atoms with Crippen molar-refractivity contribution in [3.63, 3.8) is 0 Å². The molecule has 0 fully saturated rings. The molecule has 0 aromatic heterocycles. The minimum Gasteiger partial charge on any atom is -0.455 e. The van der Waals surface area contributed by atoms with Gasteiger partial charge in [-0.05, 0) is 53.2 Å². The number of hydrogen-bond donors (Lipinski definition) is 0. The van der Waals surface area contributed by atoms with Crippen molar-refractivity contribution in [1.29, 1.82) is 0 Å². The maximum Gasteiger partial charge on any atom is 0.159 e. The van der Waals surface area contributed by atoms with Crippen LogP contribution < -0.4 is 4.74 Å². The van der Waals surface area contributed by atoms with Crippen molar-refractivity contribution < 1.29 is 9.53 Å². The third-order valence-corrected chi connectivity index (χ3v) is 3.62. The normalized spacial score (nSPS) is 10.3. The third-order valence-electron chi connectivity index (χ3n) is 2.45. The predicted molar refractivity (Wildman–Crippen MR) is 80.7 cm³/mol. The van der Waals surface area contributed by atoms with E-state index in [4.69, 9.17) is 27.9 Å². The molecule has 0 atom stereocenters. The van der Waals surface area contributed by atoms with Crippen LogP contribution in [0.25, 0.3) is 0 Å². The van der Waals surface area contributed by atoms with Gasteiger partial charge in [0.15, 0.2) is 5.78 Å². The molecule has 2 rings (SSSR count). The molecule has 2 aromatic carbocycles. The van der Waals surface area contributed by atoms with E-state index >= 15 is 0 Å². The highest BCUT2D eigenvalue weighted by Gasteiger charge is 2.09. The van der Waals surface area contributed by atoms with E-state index in [1.165, 1.54) is 6.92 Å². The summed E-state index contributed by atoms with van der Waals surface area (Å²) in [6, 6.07) is 10.1. The molecule has 0 amide bonds. The third kappa shape index (κ3) is 3.50. The van der Waals surface area contributed by atoms with Crippen molar-refractivity contribution in [3.05, 3.63) is 56.5 Å². The first-order valence-electron chi connectivity index (χ1n) is 5.41. The van der Waals surface area contributed by atoms with Gasteiger partial charge in [0.1, 0.15) is 11.5 Å². The summed E-state index contributed by atoms with van der Waals surface area (Å²) in [4.78, 5) is 11.3. The quantitative estimate of drug-likeness (QED) is 0.652. The average molecular weight is 360 g/mol. The van der Waals surface area contributed by atoms with Crippen LogP contribution in [0.15, 0.2) is 40.9 Å². The number of Topliss-reactive ketones (excluding diaryl/α,β-unsaturated/α-hetero) is 1. The second-order valence-corrected chi connectivity index (χ2v) is 5.58.